The number of carbonyl (C=O) groups is 1. The van der Waals surface area contributed by atoms with Crippen molar-refractivity contribution in [2.75, 3.05) is 20.2 Å². The number of rotatable bonds is 6. The molecule has 2 fully saturated rings. The summed E-state index contributed by atoms with van der Waals surface area (Å²) in [4.78, 5) is 14.2. The minimum absolute atomic E-state index is 0.0461. The molecule has 0 radical (unpaired) electrons. The zero-order valence-corrected chi connectivity index (χ0v) is 16.9. The molecular weight excluding hydrogens is 328 g/mol. The number of ether oxygens (including phenoxy) is 1. The van der Waals surface area contributed by atoms with Crippen LogP contribution in [0.3, 0.4) is 0 Å². The third-order valence-electron chi connectivity index (χ3n) is 6.32. The van der Waals surface area contributed by atoms with Crippen molar-refractivity contribution >= 4 is 5.91 Å². The lowest BCUT2D eigenvalue weighted by atomic mass is 9.88. The molecular formula is C20H34N4O2. The highest BCUT2D eigenvalue weighted by Gasteiger charge is 2.40. The SMILES string of the molecule is Cc1nn(C)c(C)c1[C@H]1[C@H](NCCO[C@H]2CCCC[C@H]2C)CC(=O)N1C. The predicted octanol–water partition coefficient (Wildman–Crippen LogP) is 2.49. The molecule has 2 aliphatic rings. The predicted molar refractivity (Wildman–Crippen MR) is 102 cm³/mol. The van der Waals surface area contributed by atoms with Gasteiger partial charge in [0, 0.05) is 44.4 Å². The third-order valence-corrected chi connectivity index (χ3v) is 6.32. The minimum Gasteiger partial charge on any atom is -0.377 e. The molecule has 0 unspecified atom stereocenters. The molecule has 3 rings (SSSR count). The van der Waals surface area contributed by atoms with Gasteiger partial charge < -0.3 is 15.0 Å². The van der Waals surface area contributed by atoms with E-state index in [1.807, 2.05) is 30.6 Å². The molecule has 6 heteroatoms. The summed E-state index contributed by atoms with van der Waals surface area (Å²) >= 11 is 0. The van der Waals surface area contributed by atoms with E-state index < -0.39 is 0 Å². The van der Waals surface area contributed by atoms with E-state index >= 15 is 0 Å². The van der Waals surface area contributed by atoms with Crippen molar-refractivity contribution in [3.05, 3.63) is 17.0 Å². The van der Waals surface area contributed by atoms with Crippen molar-refractivity contribution < 1.29 is 9.53 Å². The van der Waals surface area contributed by atoms with Crippen molar-refractivity contribution in [3.8, 4) is 0 Å². The second kappa shape index (κ2) is 8.09. The van der Waals surface area contributed by atoms with Crippen LogP contribution in [0.25, 0.3) is 0 Å². The summed E-state index contributed by atoms with van der Waals surface area (Å²) in [7, 11) is 3.87. The van der Waals surface area contributed by atoms with E-state index in [9.17, 15) is 4.79 Å². The molecule has 4 atom stereocenters. The maximum absolute atomic E-state index is 12.3. The Labute approximate surface area is 157 Å². The van der Waals surface area contributed by atoms with Crippen LogP contribution in [0.1, 0.15) is 62.0 Å². The van der Waals surface area contributed by atoms with Crippen LogP contribution in [0.4, 0.5) is 0 Å². The number of nitrogens with one attached hydrogen (secondary N) is 1. The van der Waals surface area contributed by atoms with Crippen LogP contribution in [0.2, 0.25) is 0 Å². The molecule has 1 aromatic rings. The molecule has 1 aliphatic heterocycles. The number of carbonyl (C=O) groups excluding carboxylic acids is 1. The lowest BCUT2D eigenvalue weighted by Gasteiger charge is -2.29. The molecule has 0 bridgehead atoms. The summed E-state index contributed by atoms with van der Waals surface area (Å²) in [5.41, 5.74) is 3.32. The van der Waals surface area contributed by atoms with E-state index in [0.717, 1.165) is 17.9 Å². The zero-order chi connectivity index (χ0) is 18.8. The quantitative estimate of drug-likeness (QED) is 0.790. The van der Waals surface area contributed by atoms with Gasteiger partial charge >= 0.3 is 0 Å². The second-order valence-electron chi connectivity index (χ2n) is 8.09. The standard InChI is InChI=1S/C20H34N4O2/c1-13-8-6-7-9-17(13)26-11-10-21-16-12-18(25)23(4)20(16)19-14(2)22-24(5)15(19)3/h13,16-17,20-21H,6-12H2,1-5H3/t13-,16-,17+,20-/m1/s1. The average molecular weight is 363 g/mol. The van der Waals surface area contributed by atoms with Gasteiger partial charge in [0.15, 0.2) is 0 Å². The first kappa shape index (κ1) is 19.4. The number of nitrogens with zero attached hydrogens (tertiary/aromatic N) is 3. The van der Waals surface area contributed by atoms with Crippen LogP contribution in [0, 0.1) is 19.8 Å². The Morgan fingerprint density at radius 1 is 1.23 bits per heavy atom. The van der Waals surface area contributed by atoms with Gasteiger partial charge in [-0.3, -0.25) is 9.48 Å². The van der Waals surface area contributed by atoms with Gasteiger partial charge in [0.1, 0.15) is 0 Å². The monoisotopic (exact) mass is 362 g/mol. The van der Waals surface area contributed by atoms with Crippen LogP contribution in [0.5, 0.6) is 0 Å². The van der Waals surface area contributed by atoms with E-state index in [1.165, 1.54) is 31.2 Å². The summed E-state index contributed by atoms with van der Waals surface area (Å²) < 4.78 is 8.03. The Morgan fingerprint density at radius 2 is 1.96 bits per heavy atom. The highest BCUT2D eigenvalue weighted by Crippen LogP contribution is 2.35. The first-order valence-corrected chi connectivity index (χ1v) is 10.0. The lowest BCUT2D eigenvalue weighted by Crippen LogP contribution is -2.38. The highest BCUT2D eigenvalue weighted by atomic mass is 16.5. The van der Waals surface area contributed by atoms with Crippen LogP contribution < -0.4 is 5.32 Å². The molecule has 1 aromatic heterocycles. The maximum atomic E-state index is 12.3. The topological polar surface area (TPSA) is 59.4 Å². The number of likely N-dealkylation sites (tertiary alicyclic amines) is 1. The Bertz CT molecular complexity index is 642. The molecule has 1 saturated heterocycles. The lowest BCUT2D eigenvalue weighted by molar-refractivity contribution is -0.127. The number of likely N-dealkylation sites (N-methyl/N-ethyl adjacent to an activating group) is 1. The van der Waals surface area contributed by atoms with E-state index in [2.05, 4.69) is 24.3 Å². The Kier molecular flexibility index (Phi) is 6.03. The summed E-state index contributed by atoms with van der Waals surface area (Å²) in [6.07, 6.45) is 6.02. The van der Waals surface area contributed by atoms with Crippen LogP contribution in [-0.4, -0.2) is 52.9 Å². The van der Waals surface area contributed by atoms with Crippen molar-refractivity contribution in [2.24, 2.45) is 13.0 Å². The van der Waals surface area contributed by atoms with Crippen LogP contribution in [0.15, 0.2) is 0 Å². The fourth-order valence-electron chi connectivity index (χ4n) is 4.65. The largest absolute Gasteiger partial charge is 0.377 e. The number of amides is 1. The van der Waals surface area contributed by atoms with Crippen molar-refractivity contribution in [2.45, 2.75) is 71.1 Å². The summed E-state index contributed by atoms with van der Waals surface area (Å²) in [6.45, 7) is 7.90. The number of aryl methyl sites for hydroxylation is 2. The maximum Gasteiger partial charge on any atom is 0.224 e. The normalized spacial score (nSPS) is 29.6. The van der Waals surface area contributed by atoms with E-state index in [4.69, 9.17) is 4.74 Å². The zero-order valence-electron chi connectivity index (χ0n) is 16.9. The summed E-state index contributed by atoms with van der Waals surface area (Å²) in [5, 5.41) is 8.13. The van der Waals surface area contributed by atoms with Crippen molar-refractivity contribution in [1.82, 2.24) is 20.0 Å². The summed E-state index contributed by atoms with van der Waals surface area (Å²) in [5.74, 6) is 0.855. The molecule has 26 heavy (non-hydrogen) atoms. The van der Waals surface area contributed by atoms with Crippen molar-refractivity contribution in [3.63, 3.8) is 0 Å². The van der Waals surface area contributed by atoms with Gasteiger partial charge in [-0.2, -0.15) is 5.10 Å². The molecule has 1 aliphatic carbocycles. The first-order chi connectivity index (χ1) is 12.4. The van der Waals surface area contributed by atoms with Gasteiger partial charge in [0.25, 0.3) is 0 Å². The van der Waals surface area contributed by atoms with Gasteiger partial charge in [0.05, 0.1) is 24.4 Å². The average Bonchev–Trinajstić information content (AvgIpc) is 3.01. The molecule has 1 saturated carbocycles. The van der Waals surface area contributed by atoms with E-state index in [0.29, 0.717) is 25.0 Å². The molecule has 1 N–H and O–H groups in total. The van der Waals surface area contributed by atoms with Crippen LogP contribution >= 0.6 is 0 Å². The number of hydrogen-bond acceptors (Lipinski definition) is 4. The van der Waals surface area contributed by atoms with E-state index in [1.54, 1.807) is 0 Å². The molecule has 6 nitrogen and oxygen atoms in total. The Balaban J connectivity index is 1.60. The summed E-state index contributed by atoms with van der Waals surface area (Å²) in [6, 6.07) is 0.159. The van der Waals surface area contributed by atoms with Gasteiger partial charge in [-0.05, 0) is 32.6 Å². The third kappa shape index (κ3) is 3.81. The molecule has 1 amide bonds. The fraction of sp³-hybridized carbons (Fsp3) is 0.800. The molecule has 2 heterocycles. The highest BCUT2D eigenvalue weighted by molar-refractivity contribution is 5.80. The van der Waals surface area contributed by atoms with Crippen LogP contribution in [-0.2, 0) is 16.6 Å². The smallest absolute Gasteiger partial charge is 0.224 e. The second-order valence-corrected chi connectivity index (χ2v) is 8.09. The number of aromatic nitrogens is 2. The molecule has 0 spiro atoms. The van der Waals surface area contributed by atoms with Crippen molar-refractivity contribution in [1.29, 1.82) is 0 Å². The Hall–Kier alpha value is -1.40. The van der Waals surface area contributed by atoms with Gasteiger partial charge in [-0.15, -0.1) is 0 Å². The first-order valence-electron chi connectivity index (χ1n) is 10.0. The van der Waals surface area contributed by atoms with E-state index in [-0.39, 0.29) is 18.0 Å². The fourth-order valence-corrected chi connectivity index (χ4v) is 4.65. The number of hydrogen-bond donors (Lipinski definition) is 1. The van der Waals surface area contributed by atoms with Gasteiger partial charge in [0.2, 0.25) is 5.91 Å². The molecule has 0 aromatic carbocycles. The van der Waals surface area contributed by atoms with Gasteiger partial charge in [-0.25, -0.2) is 0 Å². The Morgan fingerprint density at radius 3 is 2.62 bits per heavy atom. The molecule has 146 valence electrons. The van der Waals surface area contributed by atoms with Gasteiger partial charge in [-0.1, -0.05) is 19.8 Å². The minimum atomic E-state index is 0.0461.